The van der Waals surface area contributed by atoms with Crippen LogP contribution in [0.3, 0.4) is 0 Å². The molecule has 0 aliphatic heterocycles. The Hall–Kier alpha value is -1.64. The van der Waals surface area contributed by atoms with Crippen LogP contribution in [-0.4, -0.2) is 14.7 Å². The van der Waals surface area contributed by atoms with Gasteiger partial charge in [0, 0.05) is 10.7 Å². The van der Waals surface area contributed by atoms with Crippen LogP contribution in [0.5, 0.6) is 0 Å². The number of halogens is 1. The molecule has 0 bridgehead atoms. The van der Waals surface area contributed by atoms with Crippen molar-refractivity contribution in [2.45, 2.75) is 4.90 Å². The van der Waals surface area contributed by atoms with Gasteiger partial charge in [-0.1, -0.05) is 28.1 Å². The van der Waals surface area contributed by atoms with Crippen LogP contribution in [-0.2, 0) is 9.84 Å². The highest BCUT2D eigenvalue weighted by Gasteiger charge is 2.07. The summed E-state index contributed by atoms with van der Waals surface area (Å²) < 4.78 is 23.6. The zero-order chi connectivity index (χ0) is 14.0. The van der Waals surface area contributed by atoms with Gasteiger partial charge in [-0.15, -0.1) is 0 Å². The molecule has 0 aromatic heterocycles. The Labute approximate surface area is 120 Å². The van der Waals surface area contributed by atoms with E-state index in [0.717, 1.165) is 15.6 Å². The van der Waals surface area contributed by atoms with E-state index in [1.54, 1.807) is 36.4 Å². The van der Waals surface area contributed by atoms with Gasteiger partial charge in [-0.25, -0.2) is 8.42 Å². The molecule has 0 aliphatic rings. The standard InChI is InChI=1S/C14H10BrNO2S/c1-19(17,18)14-4-2-11(3-5-14)12-6-10(9-16)7-13(15)8-12/h2-8H,1H3. The first-order valence-electron chi connectivity index (χ1n) is 5.41. The molecule has 0 atom stereocenters. The normalized spacial score (nSPS) is 11.0. The molecule has 0 N–H and O–H groups in total. The number of nitrogens with zero attached hydrogens (tertiary/aromatic N) is 1. The third-order valence-electron chi connectivity index (χ3n) is 2.64. The van der Waals surface area contributed by atoms with E-state index in [0.29, 0.717) is 5.56 Å². The second-order valence-corrected chi connectivity index (χ2v) is 7.07. The van der Waals surface area contributed by atoms with Crippen LogP contribution in [0.1, 0.15) is 5.56 Å². The number of hydrogen-bond donors (Lipinski definition) is 0. The fraction of sp³-hybridized carbons (Fsp3) is 0.0714. The van der Waals surface area contributed by atoms with Gasteiger partial charge in [0.05, 0.1) is 16.5 Å². The minimum atomic E-state index is -3.18. The maximum Gasteiger partial charge on any atom is 0.175 e. The molecule has 96 valence electrons. The van der Waals surface area contributed by atoms with Crippen LogP contribution in [0.25, 0.3) is 11.1 Å². The van der Waals surface area contributed by atoms with Gasteiger partial charge < -0.3 is 0 Å². The number of rotatable bonds is 2. The number of nitriles is 1. The monoisotopic (exact) mass is 335 g/mol. The minimum Gasteiger partial charge on any atom is -0.224 e. The van der Waals surface area contributed by atoms with E-state index in [4.69, 9.17) is 5.26 Å². The maximum absolute atomic E-state index is 11.4. The smallest absolute Gasteiger partial charge is 0.175 e. The van der Waals surface area contributed by atoms with Crippen LogP contribution < -0.4 is 0 Å². The molecule has 0 saturated heterocycles. The SMILES string of the molecule is CS(=O)(=O)c1ccc(-c2cc(Br)cc(C#N)c2)cc1. The van der Waals surface area contributed by atoms with E-state index < -0.39 is 9.84 Å². The van der Waals surface area contributed by atoms with Crippen molar-refractivity contribution in [1.29, 1.82) is 5.26 Å². The predicted octanol–water partition coefficient (Wildman–Crippen LogP) is 3.39. The molecule has 19 heavy (non-hydrogen) atoms. The summed E-state index contributed by atoms with van der Waals surface area (Å²) in [4.78, 5) is 0.284. The average Bonchev–Trinajstić information content (AvgIpc) is 2.37. The zero-order valence-electron chi connectivity index (χ0n) is 10.1. The van der Waals surface area contributed by atoms with Gasteiger partial charge in [0.2, 0.25) is 0 Å². The topological polar surface area (TPSA) is 57.9 Å². The van der Waals surface area contributed by atoms with E-state index >= 15 is 0 Å². The first kappa shape index (κ1) is 13.8. The molecule has 3 nitrogen and oxygen atoms in total. The Morgan fingerprint density at radius 3 is 2.21 bits per heavy atom. The molecule has 0 unspecified atom stereocenters. The van der Waals surface area contributed by atoms with Crippen LogP contribution in [0.15, 0.2) is 51.8 Å². The molecule has 0 fully saturated rings. The lowest BCUT2D eigenvalue weighted by Crippen LogP contribution is -1.96. The first-order chi connectivity index (χ1) is 8.90. The fourth-order valence-corrected chi connectivity index (χ4v) is 2.84. The molecule has 0 aliphatic carbocycles. The highest BCUT2D eigenvalue weighted by molar-refractivity contribution is 9.10. The summed E-state index contributed by atoms with van der Waals surface area (Å²) in [7, 11) is -3.18. The van der Waals surface area contributed by atoms with Crippen molar-refractivity contribution in [2.24, 2.45) is 0 Å². The van der Waals surface area contributed by atoms with E-state index in [1.165, 1.54) is 6.26 Å². The largest absolute Gasteiger partial charge is 0.224 e. The van der Waals surface area contributed by atoms with Gasteiger partial charge in [-0.05, 0) is 41.5 Å². The van der Waals surface area contributed by atoms with Crippen molar-refractivity contribution in [3.8, 4) is 17.2 Å². The van der Waals surface area contributed by atoms with E-state index in [9.17, 15) is 8.42 Å². The molecule has 2 aromatic rings. The van der Waals surface area contributed by atoms with Crippen LogP contribution in [0.4, 0.5) is 0 Å². The molecule has 0 saturated carbocycles. The molecule has 0 amide bonds. The second-order valence-electron chi connectivity index (χ2n) is 4.14. The summed E-state index contributed by atoms with van der Waals surface area (Å²) in [5.41, 5.74) is 2.28. The number of benzene rings is 2. The molecule has 0 heterocycles. The summed E-state index contributed by atoms with van der Waals surface area (Å²) >= 11 is 3.35. The molecule has 2 rings (SSSR count). The Balaban J connectivity index is 2.49. The Kier molecular flexibility index (Phi) is 3.74. The summed E-state index contributed by atoms with van der Waals surface area (Å²) in [6, 6.07) is 14.1. The van der Waals surface area contributed by atoms with Gasteiger partial charge in [0.1, 0.15) is 0 Å². The Morgan fingerprint density at radius 2 is 1.68 bits per heavy atom. The lowest BCUT2D eigenvalue weighted by atomic mass is 10.0. The van der Waals surface area contributed by atoms with E-state index in [-0.39, 0.29) is 4.90 Å². The first-order valence-corrected chi connectivity index (χ1v) is 8.10. The average molecular weight is 336 g/mol. The lowest BCUT2D eigenvalue weighted by molar-refractivity contribution is 0.602. The summed E-state index contributed by atoms with van der Waals surface area (Å²) in [5, 5.41) is 8.93. The third-order valence-corrected chi connectivity index (χ3v) is 4.23. The van der Waals surface area contributed by atoms with Gasteiger partial charge in [0.15, 0.2) is 9.84 Å². The Morgan fingerprint density at radius 1 is 1.05 bits per heavy atom. The van der Waals surface area contributed by atoms with E-state index in [1.807, 2.05) is 6.07 Å². The van der Waals surface area contributed by atoms with Gasteiger partial charge in [-0.3, -0.25) is 0 Å². The summed E-state index contributed by atoms with van der Waals surface area (Å²) in [6.07, 6.45) is 1.18. The molecule has 0 radical (unpaired) electrons. The van der Waals surface area contributed by atoms with Crippen molar-refractivity contribution < 1.29 is 8.42 Å². The zero-order valence-corrected chi connectivity index (χ0v) is 12.5. The molecular weight excluding hydrogens is 326 g/mol. The van der Waals surface area contributed by atoms with Crippen molar-refractivity contribution in [3.63, 3.8) is 0 Å². The maximum atomic E-state index is 11.4. The molecule has 5 heteroatoms. The lowest BCUT2D eigenvalue weighted by Gasteiger charge is -2.05. The van der Waals surface area contributed by atoms with Crippen molar-refractivity contribution in [3.05, 3.63) is 52.5 Å². The molecule has 0 spiro atoms. The molecule has 2 aromatic carbocycles. The van der Waals surface area contributed by atoms with Crippen LogP contribution in [0.2, 0.25) is 0 Å². The summed E-state index contributed by atoms with van der Waals surface area (Å²) in [5.74, 6) is 0. The fourth-order valence-electron chi connectivity index (χ4n) is 1.72. The quantitative estimate of drug-likeness (QED) is 0.845. The highest BCUT2D eigenvalue weighted by Crippen LogP contribution is 2.26. The number of sulfone groups is 1. The van der Waals surface area contributed by atoms with Gasteiger partial charge in [0.25, 0.3) is 0 Å². The van der Waals surface area contributed by atoms with Crippen LogP contribution in [0, 0.1) is 11.3 Å². The molecular formula is C14H10BrNO2S. The van der Waals surface area contributed by atoms with Gasteiger partial charge in [-0.2, -0.15) is 5.26 Å². The number of hydrogen-bond acceptors (Lipinski definition) is 3. The van der Waals surface area contributed by atoms with Crippen molar-refractivity contribution >= 4 is 25.8 Å². The predicted molar refractivity (Wildman–Crippen MR) is 77.4 cm³/mol. The van der Waals surface area contributed by atoms with E-state index in [2.05, 4.69) is 22.0 Å². The third kappa shape index (κ3) is 3.22. The summed E-state index contributed by atoms with van der Waals surface area (Å²) in [6.45, 7) is 0. The van der Waals surface area contributed by atoms with Gasteiger partial charge >= 0.3 is 0 Å². The Bertz CT molecular complexity index is 759. The minimum absolute atomic E-state index is 0.284. The van der Waals surface area contributed by atoms with Crippen molar-refractivity contribution in [1.82, 2.24) is 0 Å². The van der Waals surface area contributed by atoms with Crippen LogP contribution >= 0.6 is 15.9 Å². The highest BCUT2D eigenvalue weighted by atomic mass is 79.9. The second kappa shape index (κ2) is 5.16. The van der Waals surface area contributed by atoms with Crippen molar-refractivity contribution in [2.75, 3.05) is 6.26 Å².